The number of carbonyl (C=O) groups is 2. The van der Waals surface area contributed by atoms with Crippen LogP contribution in [0.25, 0.3) is 6.08 Å². The summed E-state index contributed by atoms with van der Waals surface area (Å²) >= 11 is 0. The monoisotopic (exact) mass is 325 g/mol. The number of rotatable bonds is 7. The molecule has 0 spiro atoms. The average molecular weight is 325 g/mol. The van der Waals surface area contributed by atoms with E-state index in [1.54, 1.807) is 6.07 Å². The zero-order valence-electron chi connectivity index (χ0n) is 13.6. The van der Waals surface area contributed by atoms with Crippen LogP contribution in [0.4, 0.5) is 4.39 Å². The van der Waals surface area contributed by atoms with Gasteiger partial charge in [0.15, 0.2) is 5.78 Å². The molecular weight excluding hydrogens is 305 g/mol. The van der Waals surface area contributed by atoms with Gasteiger partial charge in [0, 0.05) is 6.54 Å². The standard InChI is InChI=1S/C20H20FNO2/c1-15(23)19(14-17-9-5-11-18(21)13-17)20(24)22-12-6-10-16-7-3-2-4-8-16/h2-5,7-9,11,13-14H,6,10,12H2,1H3,(H,22,24)/b19-14-. The highest BCUT2D eigenvalue weighted by Gasteiger charge is 2.14. The second kappa shape index (κ2) is 8.77. The van der Waals surface area contributed by atoms with Crippen LogP contribution >= 0.6 is 0 Å². The van der Waals surface area contributed by atoms with Crippen molar-refractivity contribution < 1.29 is 14.0 Å². The Kier molecular flexibility index (Phi) is 6.43. The molecule has 0 bridgehead atoms. The van der Waals surface area contributed by atoms with E-state index in [0.29, 0.717) is 12.1 Å². The van der Waals surface area contributed by atoms with Crippen molar-refractivity contribution in [2.45, 2.75) is 19.8 Å². The Bertz CT molecular complexity index is 738. The van der Waals surface area contributed by atoms with Crippen molar-refractivity contribution in [1.82, 2.24) is 5.32 Å². The van der Waals surface area contributed by atoms with Gasteiger partial charge in [-0.25, -0.2) is 4.39 Å². The second-order valence-corrected chi connectivity index (χ2v) is 5.51. The number of nitrogens with one attached hydrogen (secondary N) is 1. The highest BCUT2D eigenvalue weighted by atomic mass is 19.1. The minimum Gasteiger partial charge on any atom is -0.352 e. The van der Waals surface area contributed by atoms with Gasteiger partial charge in [-0.1, -0.05) is 42.5 Å². The average Bonchev–Trinajstić information content (AvgIpc) is 2.57. The lowest BCUT2D eigenvalue weighted by atomic mass is 10.1. The van der Waals surface area contributed by atoms with Crippen LogP contribution in [0, 0.1) is 5.82 Å². The van der Waals surface area contributed by atoms with Crippen molar-refractivity contribution in [2.24, 2.45) is 0 Å². The Balaban J connectivity index is 1.93. The molecule has 1 N–H and O–H groups in total. The van der Waals surface area contributed by atoms with E-state index >= 15 is 0 Å². The molecule has 0 fully saturated rings. The van der Waals surface area contributed by atoms with E-state index in [1.165, 1.54) is 36.8 Å². The van der Waals surface area contributed by atoms with Crippen molar-refractivity contribution in [1.29, 1.82) is 0 Å². The quantitative estimate of drug-likeness (QED) is 0.366. The summed E-state index contributed by atoms with van der Waals surface area (Å²) < 4.78 is 13.2. The maximum absolute atomic E-state index is 13.2. The number of hydrogen-bond acceptors (Lipinski definition) is 2. The van der Waals surface area contributed by atoms with E-state index in [2.05, 4.69) is 5.32 Å². The topological polar surface area (TPSA) is 46.2 Å². The normalized spacial score (nSPS) is 11.2. The number of Topliss-reactive ketones (excluding diaryl/α,β-unsaturated/α-hetero) is 1. The third kappa shape index (κ3) is 5.47. The minimum atomic E-state index is -0.431. The van der Waals surface area contributed by atoms with Crippen molar-refractivity contribution in [3.8, 4) is 0 Å². The zero-order chi connectivity index (χ0) is 17.4. The molecule has 24 heavy (non-hydrogen) atoms. The molecule has 0 aromatic heterocycles. The van der Waals surface area contributed by atoms with Crippen LogP contribution in [0.3, 0.4) is 0 Å². The van der Waals surface area contributed by atoms with Crippen molar-refractivity contribution in [3.63, 3.8) is 0 Å². The van der Waals surface area contributed by atoms with Gasteiger partial charge in [-0.2, -0.15) is 0 Å². The van der Waals surface area contributed by atoms with Crippen LogP contribution in [-0.4, -0.2) is 18.2 Å². The second-order valence-electron chi connectivity index (χ2n) is 5.51. The maximum Gasteiger partial charge on any atom is 0.254 e. The van der Waals surface area contributed by atoms with Crippen molar-refractivity contribution >= 4 is 17.8 Å². The zero-order valence-corrected chi connectivity index (χ0v) is 13.6. The number of carbonyl (C=O) groups excluding carboxylic acids is 2. The Morgan fingerprint density at radius 2 is 1.83 bits per heavy atom. The van der Waals surface area contributed by atoms with E-state index in [9.17, 15) is 14.0 Å². The summed E-state index contributed by atoms with van der Waals surface area (Å²) in [5, 5.41) is 2.75. The SMILES string of the molecule is CC(=O)/C(=C/c1cccc(F)c1)C(=O)NCCCc1ccccc1. The fourth-order valence-corrected chi connectivity index (χ4v) is 2.32. The summed E-state index contributed by atoms with van der Waals surface area (Å²) in [4.78, 5) is 23.9. The van der Waals surface area contributed by atoms with Gasteiger partial charge in [0.2, 0.25) is 0 Å². The smallest absolute Gasteiger partial charge is 0.254 e. The summed E-state index contributed by atoms with van der Waals surface area (Å²) in [5.74, 6) is -1.19. The summed E-state index contributed by atoms with van der Waals surface area (Å²) in [5.41, 5.74) is 1.72. The number of amides is 1. The number of ketones is 1. The third-order valence-corrected chi connectivity index (χ3v) is 3.55. The van der Waals surface area contributed by atoms with Crippen LogP contribution < -0.4 is 5.32 Å². The highest BCUT2D eigenvalue weighted by molar-refractivity contribution is 6.21. The van der Waals surface area contributed by atoms with E-state index in [4.69, 9.17) is 0 Å². The predicted molar refractivity (Wildman–Crippen MR) is 92.8 cm³/mol. The molecule has 0 heterocycles. The maximum atomic E-state index is 13.2. The number of aryl methyl sites for hydroxylation is 1. The van der Waals surface area contributed by atoms with Crippen LogP contribution in [0.2, 0.25) is 0 Å². The first-order valence-corrected chi connectivity index (χ1v) is 7.86. The van der Waals surface area contributed by atoms with Gasteiger partial charge in [-0.15, -0.1) is 0 Å². The van der Waals surface area contributed by atoms with E-state index in [-0.39, 0.29) is 11.4 Å². The first kappa shape index (κ1) is 17.6. The van der Waals surface area contributed by atoms with Crippen molar-refractivity contribution in [3.05, 3.63) is 77.1 Å². The van der Waals surface area contributed by atoms with Gasteiger partial charge in [0.25, 0.3) is 5.91 Å². The molecule has 0 saturated carbocycles. The third-order valence-electron chi connectivity index (χ3n) is 3.55. The minimum absolute atomic E-state index is 0.0281. The van der Waals surface area contributed by atoms with Gasteiger partial charge >= 0.3 is 0 Å². The Morgan fingerprint density at radius 1 is 1.08 bits per heavy atom. The molecule has 0 unspecified atom stereocenters. The fourth-order valence-electron chi connectivity index (χ4n) is 2.32. The number of halogens is 1. The van der Waals surface area contributed by atoms with Gasteiger partial charge in [-0.3, -0.25) is 9.59 Å². The van der Waals surface area contributed by atoms with Crippen molar-refractivity contribution in [2.75, 3.05) is 6.54 Å². The first-order valence-electron chi connectivity index (χ1n) is 7.86. The predicted octanol–water partition coefficient (Wildman–Crippen LogP) is 3.55. The molecule has 3 nitrogen and oxygen atoms in total. The first-order chi connectivity index (χ1) is 11.6. The summed E-state index contributed by atoms with van der Waals surface area (Å²) in [6, 6.07) is 15.8. The Morgan fingerprint density at radius 3 is 2.50 bits per heavy atom. The summed E-state index contributed by atoms with van der Waals surface area (Å²) in [6.07, 6.45) is 3.04. The number of benzene rings is 2. The molecule has 0 radical (unpaired) electrons. The molecule has 2 rings (SSSR count). The molecule has 2 aromatic rings. The fraction of sp³-hybridized carbons (Fsp3) is 0.200. The molecule has 0 aliphatic heterocycles. The van der Waals surface area contributed by atoms with Crippen LogP contribution in [0.15, 0.2) is 60.2 Å². The summed E-state index contributed by atoms with van der Waals surface area (Å²) in [6.45, 7) is 1.80. The summed E-state index contributed by atoms with van der Waals surface area (Å²) in [7, 11) is 0. The molecular formula is C20H20FNO2. The van der Waals surface area contributed by atoms with E-state index in [1.807, 2.05) is 30.3 Å². The molecule has 1 amide bonds. The highest BCUT2D eigenvalue weighted by Crippen LogP contribution is 2.10. The molecule has 4 heteroatoms. The van der Waals surface area contributed by atoms with E-state index < -0.39 is 11.7 Å². The Labute approximate surface area is 141 Å². The van der Waals surface area contributed by atoms with Crippen LogP contribution in [0.1, 0.15) is 24.5 Å². The molecule has 124 valence electrons. The molecule has 0 aliphatic carbocycles. The van der Waals surface area contributed by atoms with Crippen LogP contribution in [0.5, 0.6) is 0 Å². The van der Waals surface area contributed by atoms with Gasteiger partial charge in [0.05, 0.1) is 5.57 Å². The lowest BCUT2D eigenvalue weighted by Crippen LogP contribution is -2.28. The molecule has 2 aromatic carbocycles. The van der Waals surface area contributed by atoms with E-state index in [0.717, 1.165) is 12.8 Å². The lowest BCUT2D eigenvalue weighted by Gasteiger charge is -2.07. The largest absolute Gasteiger partial charge is 0.352 e. The molecule has 0 atom stereocenters. The Hall–Kier alpha value is -2.75. The molecule has 0 saturated heterocycles. The van der Waals surface area contributed by atoms with Gasteiger partial charge in [-0.05, 0) is 49.1 Å². The lowest BCUT2D eigenvalue weighted by molar-refractivity contribution is -0.121. The van der Waals surface area contributed by atoms with Crippen LogP contribution in [-0.2, 0) is 16.0 Å². The van der Waals surface area contributed by atoms with Gasteiger partial charge < -0.3 is 5.32 Å². The molecule has 0 aliphatic rings. The van der Waals surface area contributed by atoms with Gasteiger partial charge in [0.1, 0.15) is 5.82 Å². The number of hydrogen-bond donors (Lipinski definition) is 1.